The van der Waals surface area contributed by atoms with Crippen molar-refractivity contribution in [3.8, 4) is 39.1 Å². The minimum Gasteiger partial charge on any atom is -0.484 e. The fraction of sp³-hybridized carbons (Fsp3) is 0.129. The van der Waals surface area contributed by atoms with E-state index in [-0.39, 0.29) is 12.0 Å². The van der Waals surface area contributed by atoms with Crippen LogP contribution in [0.1, 0.15) is 59.8 Å². The van der Waals surface area contributed by atoms with Crippen LogP contribution in [0.4, 0.5) is 11.4 Å². The zero-order valence-electron chi connectivity index (χ0n) is 35.9. The van der Waals surface area contributed by atoms with E-state index in [4.69, 9.17) is 4.74 Å². The first kappa shape index (κ1) is 38.3. The van der Waals surface area contributed by atoms with Crippen LogP contribution in [0.25, 0.3) is 50.2 Å². The molecule has 0 amide bonds. The first-order chi connectivity index (χ1) is 31.7. The summed E-state index contributed by atoms with van der Waals surface area (Å²) >= 11 is 0. The van der Waals surface area contributed by atoms with Crippen LogP contribution in [0.2, 0.25) is 0 Å². The highest BCUT2D eigenvalue weighted by Gasteiger charge is 2.35. The number of benzene rings is 7. The first-order valence-electron chi connectivity index (χ1n) is 23.0. The number of ether oxygens (including phenoxy) is 1. The number of hydrogen-bond donors (Lipinski definition) is 0. The molecule has 0 N–H and O–H groups in total. The molecule has 4 aliphatic carbocycles. The lowest BCUT2D eigenvalue weighted by Gasteiger charge is -2.29. The van der Waals surface area contributed by atoms with E-state index in [0.29, 0.717) is 5.92 Å². The maximum absolute atomic E-state index is 6.82. The van der Waals surface area contributed by atoms with Crippen LogP contribution in [0.3, 0.4) is 0 Å². The molecule has 0 aromatic heterocycles. The normalized spacial score (nSPS) is 19.2. The van der Waals surface area contributed by atoms with Gasteiger partial charge in [-0.15, -0.1) is 0 Å². The van der Waals surface area contributed by atoms with Crippen molar-refractivity contribution in [2.75, 3.05) is 4.90 Å². The lowest BCUT2D eigenvalue weighted by molar-refractivity contribution is 0.269. The summed E-state index contributed by atoms with van der Waals surface area (Å²) in [6, 6.07) is 56.1. The van der Waals surface area contributed by atoms with E-state index >= 15 is 0 Å². The second-order valence-corrected chi connectivity index (χ2v) is 17.7. The number of fused-ring (bicyclic) bond motifs is 5. The monoisotopic (exact) mass is 823 g/mol. The highest BCUT2D eigenvalue weighted by molar-refractivity contribution is 5.87. The standard InChI is InChI=1S/C62H49NO/c1-2-12-42(13-3-1)49-32-39-59-60-25-11-24-58(62(60)64-61(59)41-49)50-19-8-18-48(40-50)43-26-33-51(34-27-43)63(52-35-28-46(29-36-52)56-22-9-16-44-14-4-6-20-54(44)56)53-37-30-47(31-38-53)57-23-10-17-45-15-5-7-21-55(45)57/h1-2,4-6,8-12,14-20,22-28,30-41,46,59,61H,3,7,13,21,29H2. The Morgan fingerprint density at radius 3 is 2.16 bits per heavy atom. The van der Waals surface area contributed by atoms with E-state index in [9.17, 15) is 0 Å². The third-order valence-electron chi connectivity index (χ3n) is 13.9. The van der Waals surface area contributed by atoms with Gasteiger partial charge in [-0.3, -0.25) is 0 Å². The number of hydrogen-bond acceptors (Lipinski definition) is 2. The summed E-state index contributed by atoms with van der Waals surface area (Å²) < 4.78 is 6.82. The van der Waals surface area contributed by atoms with Crippen LogP contribution in [0.15, 0.2) is 229 Å². The Morgan fingerprint density at radius 1 is 0.562 bits per heavy atom. The molecule has 0 fully saturated rings. The van der Waals surface area contributed by atoms with Gasteiger partial charge in [0.2, 0.25) is 0 Å². The average molecular weight is 824 g/mol. The minimum atomic E-state index is 0.0112. The SMILES string of the molecule is C1=CCCC(C2=CC3Oc4c(-c5cccc(-c6ccc(N(C7=CCC(c8cccc9ccccc89)C=C7)c7ccc(-c8cccc9c8CCC=C9)cc7)cc6)c5)cccc4C3C=C2)=C1. The molecular formula is C62H49NO. The Morgan fingerprint density at radius 2 is 1.31 bits per heavy atom. The zero-order chi connectivity index (χ0) is 42.4. The van der Waals surface area contributed by atoms with Gasteiger partial charge in [0.25, 0.3) is 0 Å². The minimum absolute atomic E-state index is 0.0112. The van der Waals surface area contributed by atoms with Crippen LogP contribution < -0.4 is 9.64 Å². The van der Waals surface area contributed by atoms with Gasteiger partial charge in [0.1, 0.15) is 11.9 Å². The quantitative estimate of drug-likeness (QED) is 0.151. The highest BCUT2D eigenvalue weighted by Crippen LogP contribution is 2.48. The molecule has 0 saturated heterocycles. The molecule has 0 spiro atoms. The molecule has 12 rings (SSSR count). The van der Waals surface area contributed by atoms with Crippen LogP contribution in [-0.2, 0) is 6.42 Å². The zero-order valence-corrected chi connectivity index (χ0v) is 35.9. The largest absolute Gasteiger partial charge is 0.484 e. The lowest BCUT2D eigenvalue weighted by Crippen LogP contribution is -2.18. The summed E-state index contributed by atoms with van der Waals surface area (Å²) in [5.41, 5.74) is 18.9. The molecule has 7 aromatic carbocycles. The lowest BCUT2D eigenvalue weighted by atomic mass is 9.85. The van der Waals surface area contributed by atoms with E-state index in [2.05, 4.69) is 223 Å². The third-order valence-corrected chi connectivity index (χ3v) is 13.9. The maximum Gasteiger partial charge on any atom is 0.132 e. The van der Waals surface area contributed by atoms with Crippen LogP contribution in [0.5, 0.6) is 5.75 Å². The van der Waals surface area contributed by atoms with Gasteiger partial charge >= 0.3 is 0 Å². The molecule has 1 aliphatic heterocycles. The number of anilines is 2. The maximum atomic E-state index is 6.82. The third kappa shape index (κ3) is 7.00. The average Bonchev–Trinajstić information content (AvgIpc) is 3.75. The number of rotatable bonds is 8. The van der Waals surface area contributed by atoms with Crippen molar-refractivity contribution in [1.82, 2.24) is 0 Å². The second-order valence-electron chi connectivity index (χ2n) is 17.7. The van der Waals surface area contributed by atoms with Crippen molar-refractivity contribution in [2.45, 2.75) is 50.0 Å². The van der Waals surface area contributed by atoms with Crippen LogP contribution in [-0.4, -0.2) is 6.10 Å². The van der Waals surface area contributed by atoms with Crippen molar-refractivity contribution in [3.63, 3.8) is 0 Å². The molecule has 2 nitrogen and oxygen atoms in total. The summed E-state index contributed by atoms with van der Waals surface area (Å²) in [6.45, 7) is 0. The first-order valence-corrected chi connectivity index (χ1v) is 23.0. The Bertz CT molecular complexity index is 3160. The smallest absolute Gasteiger partial charge is 0.132 e. The summed E-state index contributed by atoms with van der Waals surface area (Å²) in [6.07, 6.45) is 30.7. The fourth-order valence-electron chi connectivity index (χ4n) is 10.6. The molecule has 3 unspecified atom stereocenters. The molecule has 0 radical (unpaired) electrons. The van der Waals surface area contributed by atoms with Gasteiger partial charge < -0.3 is 9.64 Å². The Kier molecular flexibility index (Phi) is 9.79. The number of para-hydroxylation sites is 1. The predicted molar refractivity (Wildman–Crippen MR) is 268 cm³/mol. The summed E-state index contributed by atoms with van der Waals surface area (Å²) in [7, 11) is 0. The molecular weight excluding hydrogens is 775 g/mol. The topological polar surface area (TPSA) is 12.5 Å². The molecule has 3 atom stereocenters. The number of nitrogens with zero attached hydrogens (tertiary/aromatic N) is 1. The molecule has 308 valence electrons. The van der Waals surface area contributed by atoms with E-state index < -0.39 is 0 Å². The van der Waals surface area contributed by atoms with Gasteiger partial charge in [0, 0.05) is 40.0 Å². The van der Waals surface area contributed by atoms with Gasteiger partial charge in [-0.1, -0.05) is 176 Å². The number of allylic oxidation sites excluding steroid dienone is 10. The molecule has 5 aliphatic rings. The molecule has 2 heteroatoms. The van der Waals surface area contributed by atoms with E-state index in [1.54, 1.807) is 0 Å². The Hall–Kier alpha value is -7.42. The fourth-order valence-corrected chi connectivity index (χ4v) is 10.6. The Labute approximate surface area is 376 Å². The van der Waals surface area contributed by atoms with Crippen molar-refractivity contribution in [2.24, 2.45) is 0 Å². The van der Waals surface area contributed by atoms with Crippen molar-refractivity contribution >= 4 is 28.2 Å². The van der Waals surface area contributed by atoms with Gasteiger partial charge in [0.05, 0.1) is 0 Å². The Balaban J connectivity index is 0.854. The van der Waals surface area contributed by atoms with Crippen molar-refractivity contribution in [3.05, 3.63) is 252 Å². The van der Waals surface area contributed by atoms with Crippen molar-refractivity contribution in [1.29, 1.82) is 0 Å². The van der Waals surface area contributed by atoms with E-state index in [1.165, 1.54) is 77.7 Å². The molecule has 64 heavy (non-hydrogen) atoms. The van der Waals surface area contributed by atoms with Crippen LogP contribution >= 0.6 is 0 Å². The molecule has 1 heterocycles. The summed E-state index contributed by atoms with van der Waals surface area (Å²) in [4.78, 5) is 2.42. The van der Waals surface area contributed by atoms with Crippen molar-refractivity contribution < 1.29 is 4.74 Å². The summed E-state index contributed by atoms with van der Waals surface area (Å²) in [5, 5.41) is 2.62. The van der Waals surface area contributed by atoms with Crippen LogP contribution in [0, 0.1) is 0 Å². The van der Waals surface area contributed by atoms with Gasteiger partial charge in [-0.25, -0.2) is 0 Å². The van der Waals surface area contributed by atoms with Gasteiger partial charge in [-0.05, 0) is 141 Å². The van der Waals surface area contributed by atoms with E-state index in [0.717, 1.165) is 54.8 Å². The van der Waals surface area contributed by atoms with Gasteiger partial charge in [-0.2, -0.15) is 0 Å². The second kappa shape index (κ2) is 16.4. The van der Waals surface area contributed by atoms with Gasteiger partial charge in [0.15, 0.2) is 0 Å². The molecule has 7 aromatic rings. The molecule has 0 bridgehead atoms. The summed E-state index contributed by atoms with van der Waals surface area (Å²) in [5.74, 6) is 1.55. The highest BCUT2D eigenvalue weighted by atomic mass is 16.5. The van der Waals surface area contributed by atoms with E-state index in [1.807, 2.05) is 0 Å². The predicted octanol–water partition coefficient (Wildman–Crippen LogP) is 16.2. The molecule has 0 saturated carbocycles.